The fourth-order valence-corrected chi connectivity index (χ4v) is 5.50. The standard InChI is InChI=1S/C27H39Cl2N5O2/c1-18(16-35-3)33-20-4-6-21(7-5-20)34-25-13-22(23(28)15-30-25)19-12-24(26(29)31-14-19)32-17-27(2)8-10-36-11-9-27/h12-15,18,20-21,32-33H,4-11,16-17H2,1-3H3,(H,30,34). The average molecular weight is 537 g/mol. The predicted molar refractivity (Wildman–Crippen MR) is 148 cm³/mol. The van der Waals surface area contributed by atoms with Gasteiger partial charge in [0.15, 0.2) is 5.15 Å². The highest BCUT2D eigenvalue weighted by Gasteiger charge is 2.27. The molecule has 3 heterocycles. The summed E-state index contributed by atoms with van der Waals surface area (Å²) in [5, 5.41) is 11.9. The summed E-state index contributed by atoms with van der Waals surface area (Å²) < 4.78 is 10.8. The van der Waals surface area contributed by atoms with Gasteiger partial charge in [0.05, 0.1) is 17.3 Å². The van der Waals surface area contributed by atoms with Crippen molar-refractivity contribution in [2.45, 2.75) is 70.5 Å². The van der Waals surface area contributed by atoms with Gasteiger partial charge in [0.1, 0.15) is 5.82 Å². The molecule has 7 nitrogen and oxygen atoms in total. The molecule has 2 aromatic heterocycles. The zero-order valence-corrected chi connectivity index (χ0v) is 23.1. The molecular weight excluding hydrogens is 497 g/mol. The summed E-state index contributed by atoms with van der Waals surface area (Å²) in [5.74, 6) is 0.831. The summed E-state index contributed by atoms with van der Waals surface area (Å²) >= 11 is 13.0. The number of hydrogen-bond acceptors (Lipinski definition) is 7. The summed E-state index contributed by atoms with van der Waals surface area (Å²) in [6.45, 7) is 7.62. The number of rotatable bonds is 10. The maximum absolute atomic E-state index is 6.58. The van der Waals surface area contributed by atoms with Crippen LogP contribution in [0.4, 0.5) is 11.5 Å². The highest BCUT2D eigenvalue weighted by molar-refractivity contribution is 6.33. The van der Waals surface area contributed by atoms with E-state index in [1.165, 1.54) is 0 Å². The number of ether oxygens (including phenoxy) is 2. The van der Waals surface area contributed by atoms with Crippen LogP contribution in [0.5, 0.6) is 0 Å². The van der Waals surface area contributed by atoms with Crippen LogP contribution in [0.25, 0.3) is 11.1 Å². The van der Waals surface area contributed by atoms with E-state index in [0.29, 0.717) is 28.3 Å². The molecule has 1 saturated heterocycles. The van der Waals surface area contributed by atoms with Crippen molar-refractivity contribution < 1.29 is 9.47 Å². The third kappa shape index (κ3) is 7.45. The van der Waals surface area contributed by atoms with Crippen LogP contribution in [0, 0.1) is 5.41 Å². The maximum Gasteiger partial charge on any atom is 0.152 e. The van der Waals surface area contributed by atoms with E-state index in [0.717, 1.165) is 87.5 Å². The SMILES string of the molecule is COCC(C)NC1CCC(Nc2cc(-c3cnc(Cl)c(NCC4(C)CCOCC4)c3)c(Cl)cn2)CC1. The number of methoxy groups -OCH3 is 1. The van der Waals surface area contributed by atoms with Crippen LogP contribution in [0.3, 0.4) is 0 Å². The van der Waals surface area contributed by atoms with Gasteiger partial charge >= 0.3 is 0 Å². The Morgan fingerprint density at radius 3 is 2.53 bits per heavy atom. The van der Waals surface area contributed by atoms with Gasteiger partial charge < -0.3 is 25.4 Å². The van der Waals surface area contributed by atoms with Crippen molar-refractivity contribution in [3.05, 3.63) is 34.7 Å². The molecule has 1 aliphatic heterocycles. The van der Waals surface area contributed by atoms with Crippen LogP contribution in [0.1, 0.15) is 52.4 Å². The fourth-order valence-electron chi connectivity index (χ4n) is 5.12. The van der Waals surface area contributed by atoms with Crippen molar-refractivity contribution >= 4 is 34.7 Å². The summed E-state index contributed by atoms with van der Waals surface area (Å²) in [5.41, 5.74) is 2.80. The normalized spacial score (nSPS) is 22.7. The second-order valence-electron chi connectivity index (χ2n) is 10.6. The first-order chi connectivity index (χ1) is 17.3. The predicted octanol–water partition coefficient (Wildman–Crippen LogP) is 6.03. The number of pyridine rings is 2. The minimum absolute atomic E-state index is 0.180. The Balaban J connectivity index is 1.39. The van der Waals surface area contributed by atoms with E-state index >= 15 is 0 Å². The van der Waals surface area contributed by atoms with Crippen LogP contribution in [0.2, 0.25) is 10.2 Å². The summed E-state index contributed by atoms with van der Waals surface area (Å²) in [6.07, 6.45) is 9.99. The number of anilines is 2. The fraction of sp³-hybridized carbons (Fsp3) is 0.630. The Labute approximate surface area is 225 Å². The Hall–Kier alpha value is -1.64. The van der Waals surface area contributed by atoms with Crippen LogP contribution >= 0.6 is 23.2 Å². The maximum atomic E-state index is 6.58. The molecule has 4 rings (SSSR count). The first-order valence-electron chi connectivity index (χ1n) is 13.0. The highest BCUT2D eigenvalue weighted by atomic mass is 35.5. The molecule has 2 fully saturated rings. The van der Waals surface area contributed by atoms with Gasteiger partial charge in [-0.25, -0.2) is 9.97 Å². The molecule has 36 heavy (non-hydrogen) atoms. The zero-order chi connectivity index (χ0) is 25.5. The summed E-state index contributed by atoms with van der Waals surface area (Å²) in [6, 6.07) is 5.35. The van der Waals surface area contributed by atoms with Crippen molar-refractivity contribution in [2.24, 2.45) is 5.41 Å². The van der Waals surface area contributed by atoms with Crippen molar-refractivity contribution in [1.82, 2.24) is 15.3 Å². The van der Waals surface area contributed by atoms with Crippen LogP contribution < -0.4 is 16.0 Å². The summed E-state index contributed by atoms with van der Waals surface area (Å²) in [4.78, 5) is 8.98. The van der Waals surface area contributed by atoms with Gasteiger partial charge in [-0.3, -0.25) is 0 Å². The molecule has 0 aromatic carbocycles. The van der Waals surface area contributed by atoms with Gasteiger partial charge in [-0.05, 0) is 63.0 Å². The van der Waals surface area contributed by atoms with E-state index in [2.05, 4.69) is 39.8 Å². The highest BCUT2D eigenvalue weighted by Crippen LogP contribution is 2.35. The molecule has 1 saturated carbocycles. The number of hydrogen-bond donors (Lipinski definition) is 3. The van der Waals surface area contributed by atoms with Crippen LogP contribution in [-0.4, -0.2) is 61.6 Å². The lowest BCUT2D eigenvalue weighted by Crippen LogP contribution is -2.42. The molecular formula is C27H39Cl2N5O2. The molecule has 1 aliphatic carbocycles. The van der Waals surface area contributed by atoms with Gasteiger partial charge in [0.25, 0.3) is 0 Å². The van der Waals surface area contributed by atoms with Gasteiger partial charge in [0, 0.05) is 68.5 Å². The third-order valence-corrected chi connectivity index (χ3v) is 8.03. The number of nitrogens with zero attached hydrogens (tertiary/aromatic N) is 2. The molecule has 0 bridgehead atoms. The van der Waals surface area contributed by atoms with E-state index in [1.807, 2.05) is 12.1 Å². The first-order valence-corrected chi connectivity index (χ1v) is 13.8. The lowest BCUT2D eigenvalue weighted by atomic mass is 9.82. The molecule has 2 aliphatic rings. The van der Waals surface area contributed by atoms with E-state index in [4.69, 9.17) is 32.7 Å². The van der Waals surface area contributed by atoms with Crippen molar-refractivity contribution in [2.75, 3.05) is 44.1 Å². The average Bonchev–Trinajstić information content (AvgIpc) is 2.87. The van der Waals surface area contributed by atoms with E-state index in [-0.39, 0.29) is 5.41 Å². The molecule has 198 valence electrons. The van der Waals surface area contributed by atoms with Gasteiger partial charge in [-0.2, -0.15) is 0 Å². The number of aromatic nitrogens is 2. The largest absolute Gasteiger partial charge is 0.383 e. The van der Waals surface area contributed by atoms with E-state index < -0.39 is 0 Å². The van der Waals surface area contributed by atoms with Crippen molar-refractivity contribution in [3.8, 4) is 11.1 Å². The molecule has 1 unspecified atom stereocenters. The topological polar surface area (TPSA) is 80.3 Å². The smallest absolute Gasteiger partial charge is 0.152 e. The lowest BCUT2D eigenvalue weighted by Gasteiger charge is -2.34. The Kier molecular flexibility index (Phi) is 9.70. The van der Waals surface area contributed by atoms with E-state index in [9.17, 15) is 0 Å². The van der Waals surface area contributed by atoms with Gasteiger partial charge in [0.2, 0.25) is 0 Å². The quantitative estimate of drug-likeness (QED) is 0.320. The van der Waals surface area contributed by atoms with Crippen LogP contribution in [-0.2, 0) is 9.47 Å². The molecule has 0 amide bonds. The number of halogens is 2. The number of nitrogens with one attached hydrogen (secondary N) is 3. The molecule has 9 heteroatoms. The minimum atomic E-state index is 0.180. The molecule has 0 radical (unpaired) electrons. The van der Waals surface area contributed by atoms with Crippen molar-refractivity contribution in [1.29, 1.82) is 0 Å². The van der Waals surface area contributed by atoms with E-state index in [1.54, 1.807) is 19.5 Å². The Bertz CT molecular complexity index is 994. The zero-order valence-electron chi connectivity index (χ0n) is 21.6. The van der Waals surface area contributed by atoms with Gasteiger partial charge in [-0.1, -0.05) is 30.1 Å². The second kappa shape index (κ2) is 12.7. The van der Waals surface area contributed by atoms with Gasteiger partial charge in [-0.15, -0.1) is 0 Å². The molecule has 2 aromatic rings. The molecule has 0 spiro atoms. The second-order valence-corrected chi connectivity index (χ2v) is 11.4. The lowest BCUT2D eigenvalue weighted by molar-refractivity contribution is 0.0300. The Morgan fingerprint density at radius 1 is 1.08 bits per heavy atom. The monoisotopic (exact) mass is 535 g/mol. The Morgan fingerprint density at radius 2 is 1.81 bits per heavy atom. The minimum Gasteiger partial charge on any atom is -0.383 e. The molecule has 1 atom stereocenters. The third-order valence-electron chi connectivity index (χ3n) is 7.43. The van der Waals surface area contributed by atoms with Crippen molar-refractivity contribution in [3.63, 3.8) is 0 Å². The first kappa shape index (κ1) is 27.4. The molecule has 3 N–H and O–H groups in total. The summed E-state index contributed by atoms with van der Waals surface area (Å²) in [7, 11) is 1.75. The van der Waals surface area contributed by atoms with Crippen LogP contribution in [0.15, 0.2) is 24.5 Å².